The fourth-order valence-electron chi connectivity index (χ4n) is 1.84. The Morgan fingerprint density at radius 3 is 2.62 bits per heavy atom. The molecule has 2 aliphatic rings. The molecule has 0 aliphatic heterocycles. The number of hydrogen-bond donors (Lipinski definition) is 1. The van der Waals surface area contributed by atoms with E-state index in [-0.39, 0.29) is 0 Å². The molecule has 2 N–H and O–H groups in total. The van der Waals surface area contributed by atoms with Gasteiger partial charge in [0, 0.05) is 5.70 Å². The van der Waals surface area contributed by atoms with Crippen LogP contribution in [0.25, 0.3) is 0 Å². The quantitative estimate of drug-likeness (QED) is 0.648. The minimum absolute atomic E-state index is 0.966. The van der Waals surface area contributed by atoms with Gasteiger partial charge in [-0.2, -0.15) is 0 Å². The zero-order valence-electron chi connectivity index (χ0n) is 7.79. The van der Waals surface area contributed by atoms with E-state index in [1.165, 1.54) is 11.1 Å². The minimum atomic E-state index is 0.966. The van der Waals surface area contributed by atoms with Gasteiger partial charge in [0.25, 0.3) is 0 Å². The number of rotatable bonds is 1. The molecule has 0 fully saturated rings. The van der Waals surface area contributed by atoms with Crippen LogP contribution in [0.2, 0.25) is 0 Å². The van der Waals surface area contributed by atoms with E-state index < -0.39 is 0 Å². The van der Waals surface area contributed by atoms with Gasteiger partial charge in [-0.15, -0.1) is 0 Å². The van der Waals surface area contributed by atoms with E-state index in [1.54, 1.807) is 0 Å². The third-order valence-corrected chi connectivity index (χ3v) is 2.55. The van der Waals surface area contributed by atoms with E-state index in [4.69, 9.17) is 5.73 Å². The molecule has 0 radical (unpaired) electrons. The van der Waals surface area contributed by atoms with Crippen LogP contribution < -0.4 is 5.73 Å². The molecular weight excluding hydrogens is 158 g/mol. The topological polar surface area (TPSA) is 26.0 Å². The molecule has 0 aromatic heterocycles. The fourth-order valence-corrected chi connectivity index (χ4v) is 1.84. The zero-order chi connectivity index (χ0) is 9.10. The Labute approximate surface area is 79.3 Å². The van der Waals surface area contributed by atoms with Gasteiger partial charge in [-0.25, -0.2) is 0 Å². The second-order valence-electron chi connectivity index (χ2n) is 3.51. The van der Waals surface area contributed by atoms with Crippen LogP contribution in [-0.4, -0.2) is 0 Å². The molecule has 2 aliphatic carbocycles. The number of allylic oxidation sites excluding steroid dienone is 6. The van der Waals surface area contributed by atoms with Gasteiger partial charge in [0.1, 0.15) is 0 Å². The summed E-state index contributed by atoms with van der Waals surface area (Å²) in [5.74, 6) is 0. The summed E-state index contributed by atoms with van der Waals surface area (Å²) in [6, 6.07) is 0. The molecule has 1 heteroatoms. The van der Waals surface area contributed by atoms with Crippen LogP contribution in [0.1, 0.15) is 25.7 Å². The number of hydrogen-bond acceptors (Lipinski definition) is 1. The molecule has 68 valence electrons. The van der Waals surface area contributed by atoms with Gasteiger partial charge in [-0.3, -0.25) is 0 Å². The molecule has 13 heavy (non-hydrogen) atoms. The summed E-state index contributed by atoms with van der Waals surface area (Å²) in [5, 5.41) is 0. The molecule has 0 spiro atoms. The van der Waals surface area contributed by atoms with Crippen LogP contribution in [0, 0.1) is 0 Å². The first-order valence-electron chi connectivity index (χ1n) is 4.90. The van der Waals surface area contributed by atoms with Gasteiger partial charge in [0.05, 0.1) is 0 Å². The van der Waals surface area contributed by atoms with Crippen molar-refractivity contribution in [1.82, 2.24) is 0 Å². The lowest BCUT2D eigenvalue weighted by Gasteiger charge is -2.16. The first-order chi connectivity index (χ1) is 6.38. The maximum atomic E-state index is 5.94. The molecule has 2 rings (SSSR count). The zero-order valence-corrected chi connectivity index (χ0v) is 7.79. The summed E-state index contributed by atoms with van der Waals surface area (Å²) in [7, 11) is 0. The van der Waals surface area contributed by atoms with Crippen LogP contribution in [-0.2, 0) is 0 Å². The minimum Gasteiger partial charge on any atom is -0.399 e. The third kappa shape index (κ3) is 1.74. The summed E-state index contributed by atoms with van der Waals surface area (Å²) in [4.78, 5) is 0. The summed E-state index contributed by atoms with van der Waals surface area (Å²) >= 11 is 0. The third-order valence-electron chi connectivity index (χ3n) is 2.55. The van der Waals surface area contributed by atoms with Crippen LogP contribution >= 0.6 is 0 Å². The van der Waals surface area contributed by atoms with Crippen LogP contribution in [0.5, 0.6) is 0 Å². The Hall–Kier alpha value is -1.24. The van der Waals surface area contributed by atoms with Gasteiger partial charge < -0.3 is 5.73 Å². The molecule has 0 heterocycles. The van der Waals surface area contributed by atoms with Crippen molar-refractivity contribution in [2.45, 2.75) is 25.7 Å². The lowest BCUT2D eigenvalue weighted by Crippen LogP contribution is -2.07. The van der Waals surface area contributed by atoms with Crippen molar-refractivity contribution in [1.29, 1.82) is 0 Å². The standard InChI is InChI=1S/C12H15N/c13-12-9-5-4-8-11(12)10-6-2-1-3-7-10/h1-2,6,8-9H,3-5,7,13H2. The first kappa shape index (κ1) is 8.36. The Morgan fingerprint density at radius 2 is 1.92 bits per heavy atom. The SMILES string of the molecule is NC1=CCCC=C1C1=CC=CCC1. The molecule has 0 aromatic rings. The predicted molar refractivity (Wildman–Crippen MR) is 56.0 cm³/mol. The van der Waals surface area contributed by atoms with E-state index >= 15 is 0 Å². The average Bonchev–Trinajstić information content (AvgIpc) is 2.20. The van der Waals surface area contributed by atoms with Crippen molar-refractivity contribution in [2.24, 2.45) is 5.73 Å². The molecule has 0 saturated heterocycles. The van der Waals surface area contributed by atoms with E-state index in [9.17, 15) is 0 Å². The van der Waals surface area contributed by atoms with Crippen molar-refractivity contribution in [3.05, 3.63) is 47.2 Å². The Bertz CT molecular complexity index is 316. The molecule has 0 bridgehead atoms. The summed E-state index contributed by atoms with van der Waals surface area (Å²) in [6.07, 6.45) is 15.4. The molecule has 1 nitrogen and oxygen atoms in total. The molecule has 0 saturated carbocycles. The molecule has 0 aromatic carbocycles. The number of nitrogens with two attached hydrogens (primary N) is 1. The molecule has 0 atom stereocenters. The predicted octanol–water partition coefficient (Wildman–Crippen LogP) is 2.83. The first-order valence-corrected chi connectivity index (χ1v) is 4.90. The van der Waals surface area contributed by atoms with E-state index in [0.717, 1.165) is 31.4 Å². The van der Waals surface area contributed by atoms with Crippen molar-refractivity contribution < 1.29 is 0 Å². The second kappa shape index (κ2) is 3.65. The highest BCUT2D eigenvalue weighted by Gasteiger charge is 2.10. The average molecular weight is 173 g/mol. The Balaban J connectivity index is 2.24. The van der Waals surface area contributed by atoms with Gasteiger partial charge in [-0.1, -0.05) is 30.4 Å². The van der Waals surface area contributed by atoms with Gasteiger partial charge in [-0.05, 0) is 36.8 Å². The highest BCUT2D eigenvalue weighted by Crippen LogP contribution is 2.27. The van der Waals surface area contributed by atoms with E-state index in [2.05, 4.69) is 30.4 Å². The second-order valence-corrected chi connectivity index (χ2v) is 3.51. The largest absolute Gasteiger partial charge is 0.399 e. The summed E-state index contributed by atoms with van der Waals surface area (Å²) < 4.78 is 0. The van der Waals surface area contributed by atoms with Crippen molar-refractivity contribution in [2.75, 3.05) is 0 Å². The lowest BCUT2D eigenvalue weighted by molar-refractivity contribution is 0.930. The van der Waals surface area contributed by atoms with E-state index in [1.807, 2.05) is 0 Å². The smallest absolute Gasteiger partial charge is 0.0346 e. The monoisotopic (exact) mass is 173 g/mol. The van der Waals surface area contributed by atoms with Crippen LogP contribution in [0.3, 0.4) is 0 Å². The Kier molecular flexibility index (Phi) is 2.35. The lowest BCUT2D eigenvalue weighted by atomic mass is 9.91. The van der Waals surface area contributed by atoms with Crippen LogP contribution in [0.4, 0.5) is 0 Å². The maximum absolute atomic E-state index is 5.94. The highest BCUT2D eigenvalue weighted by molar-refractivity contribution is 5.48. The van der Waals surface area contributed by atoms with Gasteiger partial charge in [0.15, 0.2) is 0 Å². The summed E-state index contributed by atoms with van der Waals surface area (Å²) in [6.45, 7) is 0. The van der Waals surface area contributed by atoms with E-state index in [0.29, 0.717) is 0 Å². The Morgan fingerprint density at radius 1 is 1.08 bits per heavy atom. The highest BCUT2D eigenvalue weighted by atomic mass is 14.6. The molecule has 0 unspecified atom stereocenters. The van der Waals surface area contributed by atoms with Crippen molar-refractivity contribution in [3.8, 4) is 0 Å². The maximum Gasteiger partial charge on any atom is 0.0346 e. The summed E-state index contributed by atoms with van der Waals surface area (Å²) in [5.41, 5.74) is 9.58. The van der Waals surface area contributed by atoms with Crippen LogP contribution in [0.15, 0.2) is 47.2 Å². The normalized spacial score (nSPS) is 22.0. The van der Waals surface area contributed by atoms with Gasteiger partial charge >= 0.3 is 0 Å². The fraction of sp³-hybridized carbons (Fsp3) is 0.333. The van der Waals surface area contributed by atoms with Gasteiger partial charge in [0.2, 0.25) is 0 Å². The van der Waals surface area contributed by atoms with Crippen molar-refractivity contribution in [3.63, 3.8) is 0 Å². The molecule has 0 amide bonds. The van der Waals surface area contributed by atoms with Crippen molar-refractivity contribution >= 4 is 0 Å². The molecular formula is C12H15N.